The summed E-state index contributed by atoms with van der Waals surface area (Å²) < 4.78 is 39.5. The van der Waals surface area contributed by atoms with Crippen LogP contribution in [0.1, 0.15) is 24.7 Å². The lowest BCUT2D eigenvalue weighted by Crippen LogP contribution is -2.45. The summed E-state index contributed by atoms with van der Waals surface area (Å²) in [4.78, 5) is 24.8. The van der Waals surface area contributed by atoms with Crippen molar-refractivity contribution in [1.82, 2.24) is 10.2 Å². The van der Waals surface area contributed by atoms with Crippen molar-refractivity contribution in [2.24, 2.45) is 0 Å². The monoisotopic (exact) mass is 346 g/mol. The van der Waals surface area contributed by atoms with Crippen LogP contribution < -0.4 is 5.32 Å². The third-order valence-corrected chi connectivity index (χ3v) is 4.83. The molecule has 5 nitrogen and oxygen atoms in total. The van der Waals surface area contributed by atoms with Crippen molar-refractivity contribution in [2.75, 3.05) is 19.8 Å². The summed E-state index contributed by atoms with van der Waals surface area (Å²) >= 11 is 0. The zero-order chi connectivity index (χ0) is 17.7. The van der Waals surface area contributed by atoms with Gasteiger partial charge in [0, 0.05) is 30.5 Å². The van der Waals surface area contributed by atoms with Gasteiger partial charge < -0.3 is 10.2 Å². The van der Waals surface area contributed by atoms with Crippen LogP contribution in [-0.2, 0) is 20.4 Å². The van der Waals surface area contributed by atoms with Crippen LogP contribution in [0.3, 0.4) is 0 Å². The minimum atomic E-state index is -1.82. The smallest absolute Gasteiger partial charge is 0.244 e. The van der Waals surface area contributed by atoms with E-state index >= 15 is 0 Å². The van der Waals surface area contributed by atoms with E-state index in [2.05, 4.69) is 5.32 Å². The molecule has 1 rings (SSSR count). The van der Waals surface area contributed by atoms with Gasteiger partial charge in [-0.25, -0.2) is 8.78 Å². The van der Waals surface area contributed by atoms with Gasteiger partial charge in [-0.3, -0.25) is 13.8 Å². The minimum Gasteiger partial charge on any atom is -0.347 e. The quantitative estimate of drug-likeness (QED) is 0.846. The maximum absolute atomic E-state index is 13.7. The zero-order valence-corrected chi connectivity index (χ0v) is 14.2. The van der Waals surface area contributed by atoms with Gasteiger partial charge in [-0.05, 0) is 26.0 Å². The molecule has 0 spiro atoms. The molecule has 1 N–H and O–H groups in total. The highest BCUT2D eigenvalue weighted by molar-refractivity contribution is 7.86. The van der Waals surface area contributed by atoms with Gasteiger partial charge in [0.15, 0.2) is 0 Å². The van der Waals surface area contributed by atoms with E-state index in [1.165, 1.54) is 24.8 Å². The summed E-state index contributed by atoms with van der Waals surface area (Å²) in [7, 11) is 1.27. The van der Waals surface area contributed by atoms with Crippen LogP contribution in [0.2, 0.25) is 0 Å². The fourth-order valence-electron chi connectivity index (χ4n) is 2.02. The Bertz CT molecular complexity index is 602. The summed E-state index contributed by atoms with van der Waals surface area (Å²) in [6, 6.07) is 2.59. The molecule has 128 valence electrons. The van der Waals surface area contributed by atoms with E-state index in [9.17, 15) is 22.6 Å². The molecular formula is C15H20F2N2O3S. The summed E-state index contributed by atoms with van der Waals surface area (Å²) in [5, 5.41) is 1.43. The molecular weight excluding hydrogens is 326 g/mol. The Kier molecular flexibility index (Phi) is 6.80. The van der Waals surface area contributed by atoms with E-state index in [0.29, 0.717) is 0 Å². The molecule has 23 heavy (non-hydrogen) atoms. The van der Waals surface area contributed by atoms with E-state index in [1.807, 2.05) is 0 Å². The number of likely N-dealkylation sites (N-methyl/N-ethyl adjacent to an activating group) is 1. The number of carbonyl (C=O) groups is 2. The number of rotatable bonds is 6. The molecule has 0 fully saturated rings. The van der Waals surface area contributed by atoms with Gasteiger partial charge in [-0.2, -0.15) is 0 Å². The predicted octanol–water partition coefficient (Wildman–Crippen LogP) is 1.37. The predicted molar refractivity (Wildman–Crippen MR) is 84.1 cm³/mol. The maximum atomic E-state index is 13.7. The van der Waals surface area contributed by atoms with Crippen LogP contribution in [0.5, 0.6) is 0 Å². The standard InChI is InChI=1S/C15H20F2N2O3S/c1-9(15(21)19(3)4)18-13(20)8-23(22)10(2)14-11(16)6-5-7-12(14)17/h5-7,9-10H,8H2,1-4H3,(H,18,20)/t9-,10+,23+/m0/s1. The average Bonchev–Trinajstić information content (AvgIpc) is 2.45. The van der Waals surface area contributed by atoms with E-state index in [1.54, 1.807) is 14.1 Å². The molecule has 0 aliphatic heterocycles. The SMILES string of the molecule is C[C@H](NC(=O)C[S@@](=O)[C@H](C)c1c(F)cccc1F)C(=O)N(C)C. The fraction of sp³-hybridized carbons (Fsp3) is 0.467. The molecule has 0 unspecified atom stereocenters. The zero-order valence-electron chi connectivity index (χ0n) is 13.4. The van der Waals surface area contributed by atoms with E-state index in [0.717, 1.165) is 12.1 Å². The first kappa shape index (κ1) is 19.2. The molecule has 0 aliphatic rings. The van der Waals surface area contributed by atoms with Crippen molar-refractivity contribution in [2.45, 2.75) is 25.1 Å². The molecule has 0 saturated carbocycles. The third-order valence-electron chi connectivity index (χ3n) is 3.26. The Morgan fingerprint density at radius 1 is 1.22 bits per heavy atom. The Labute approximate surface area is 136 Å². The number of nitrogens with zero attached hydrogens (tertiary/aromatic N) is 1. The van der Waals surface area contributed by atoms with Crippen molar-refractivity contribution in [1.29, 1.82) is 0 Å². The Morgan fingerprint density at radius 3 is 2.22 bits per heavy atom. The van der Waals surface area contributed by atoms with Gasteiger partial charge in [0.2, 0.25) is 11.8 Å². The Morgan fingerprint density at radius 2 is 1.74 bits per heavy atom. The van der Waals surface area contributed by atoms with Gasteiger partial charge in [-0.15, -0.1) is 0 Å². The fourth-order valence-corrected chi connectivity index (χ4v) is 3.10. The maximum Gasteiger partial charge on any atom is 0.244 e. The summed E-state index contributed by atoms with van der Waals surface area (Å²) in [5.41, 5.74) is -0.309. The number of benzene rings is 1. The molecule has 1 aromatic carbocycles. The molecule has 0 radical (unpaired) electrons. The second-order valence-electron chi connectivity index (χ2n) is 5.32. The summed E-state index contributed by atoms with van der Waals surface area (Å²) in [6.07, 6.45) is 0. The molecule has 0 saturated heterocycles. The van der Waals surface area contributed by atoms with Crippen molar-refractivity contribution >= 4 is 22.6 Å². The molecule has 0 aliphatic carbocycles. The average molecular weight is 346 g/mol. The van der Waals surface area contributed by atoms with Crippen molar-refractivity contribution in [3.8, 4) is 0 Å². The van der Waals surface area contributed by atoms with Crippen LogP contribution in [-0.4, -0.2) is 46.8 Å². The third kappa shape index (κ3) is 5.09. The normalized spacial score (nSPS) is 14.7. The number of nitrogens with one attached hydrogen (secondary N) is 1. The lowest BCUT2D eigenvalue weighted by Gasteiger charge is -2.18. The molecule has 0 heterocycles. The Hall–Kier alpha value is -1.83. The number of hydrogen-bond acceptors (Lipinski definition) is 3. The minimum absolute atomic E-state index is 0.308. The first-order valence-electron chi connectivity index (χ1n) is 6.96. The lowest BCUT2D eigenvalue weighted by molar-refractivity contribution is -0.133. The van der Waals surface area contributed by atoms with Crippen LogP contribution in [0.4, 0.5) is 8.78 Å². The van der Waals surface area contributed by atoms with Crippen molar-refractivity contribution < 1.29 is 22.6 Å². The van der Waals surface area contributed by atoms with Gasteiger partial charge in [0.05, 0.1) is 5.25 Å². The van der Waals surface area contributed by atoms with Gasteiger partial charge >= 0.3 is 0 Å². The lowest BCUT2D eigenvalue weighted by atomic mass is 10.1. The van der Waals surface area contributed by atoms with Gasteiger partial charge in [-0.1, -0.05) is 6.07 Å². The van der Waals surface area contributed by atoms with E-state index < -0.39 is 45.4 Å². The van der Waals surface area contributed by atoms with Crippen molar-refractivity contribution in [3.05, 3.63) is 35.4 Å². The number of halogens is 2. The summed E-state index contributed by atoms with van der Waals surface area (Å²) in [6.45, 7) is 2.89. The van der Waals surface area contributed by atoms with Gasteiger partial charge in [0.1, 0.15) is 23.4 Å². The highest BCUT2D eigenvalue weighted by atomic mass is 32.2. The topological polar surface area (TPSA) is 66.5 Å². The molecule has 0 aromatic heterocycles. The number of carbonyl (C=O) groups excluding carboxylic acids is 2. The summed E-state index contributed by atoms with van der Waals surface area (Å²) in [5.74, 6) is -2.98. The molecule has 3 atom stereocenters. The first-order chi connectivity index (χ1) is 10.6. The largest absolute Gasteiger partial charge is 0.347 e. The Balaban J connectivity index is 2.72. The van der Waals surface area contributed by atoms with E-state index in [-0.39, 0.29) is 11.5 Å². The number of amides is 2. The first-order valence-corrected chi connectivity index (χ1v) is 8.35. The van der Waals surface area contributed by atoms with Crippen molar-refractivity contribution in [3.63, 3.8) is 0 Å². The van der Waals surface area contributed by atoms with Gasteiger partial charge in [0.25, 0.3) is 0 Å². The van der Waals surface area contributed by atoms with E-state index in [4.69, 9.17) is 0 Å². The second-order valence-corrected chi connectivity index (χ2v) is 7.08. The van der Waals surface area contributed by atoms with Crippen LogP contribution >= 0.6 is 0 Å². The molecule has 2 amide bonds. The second kappa shape index (κ2) is 8.14. The highest BCUT2D eigenvalue weighted by Gasteiger charge is 2.24. The molecule has 1 aromatic rings. The number of hydrogen-bond donors (Lipinski definition) is 1. The highest BCUT2D eigenvalue weighted by Crippen LogP contribution is 2.25. The van der Waals surface area contributed by atoms with Crippen LogP contribution in [0, 0.1) is 11.6 Å². The van der Waals surface area contributed by atoms with Crippen LogP contribution in [0.15, 0.2) is 18.2 Å². The van der Waals surface area contributed by atoms with Crippen LogP contribution in [0.25, 0.3) is 0 Å². The molecule has 8 heteroatoms. The molecule has 0 bridgehead atoms.